The van der Waals surface area contributed by atoms with E-state index in [1.54, 1.807) is 11.0 Å². The molecule has 0 aromatic carbocycles. The Labute approximate surface area is 94.3 Å². The van der Waals surface area contributed by atoms with Gasteiger partial charge < -0.3 is 9.88 Å². The van der Waals surface area contributed by atoms with E-state index in [1.165, 1.54) is 5.69 Å². The van der Waals surface area contributed by atoms with Gasteiger partial charge in [-0.3, -0.25) is 4.68 Å². The first-order valence-corrected chi connectivity index (χ1v) is 5.27. The third-order valence-electron chi connectivity index (χ3n) is 2.38. The van der Waals surface area contributed by atoms with Crippen LogP contribution in [0, 0.1) is 0 Å². The maximum Gasteiger partial charge on any atom is 0.152 e. The second kappa shape index (κ2) is 4.89. The molecule has 0 saturated heterocycles. The third kappa shape index (κ3) is 2.46. The van der Waals surface area contributed by atoms with Crippen molar-refractivity contribution >= 4 is 0 Å². The van der Waals surface area contributed by atoms with Gasteiger partial charge in [-0.05, 0) is 7.05 Å². The van der Waals surface area contributed by atoms with Crippen molar-refractivity contribution < 1.29 is 0 Å². The second-order valence-electron chi connectivity index (χ2n) is 3.69. The van der Waals surface area contributed by atoms with E-state index in [1.807, 2.05) is 26.6 Å². The van der Waals surface area contributed by atoms with E-state index in [9.17, 15) is 0 Å². The van der Waals surface area contributed by atoms with E-state index in [0.717, 1.165) is 25.3 Å². The summed E-state index contributed by atoms with van der Waals surface area (Å²) >= 11 is 0. The normalized spacial score (nSPS) is 10.9. The molecule has 0 aliphatic carbocycles. The molecule has 0 spiro atoms. The Balaban J connectivity index is 1.96. The largest absolute Gasteiger partial charge is 0.333 e. The molecule has 0 saturated carbocycles. The van der Waals surface area contributed by atoms with E-state index in [2.05, 4.69) is 25.0 Å². The highest BCUT2D eigenvalue weighted by atomic mass is 15.3. The quantitative estimate of drug-likeness (QED) is 0.769. The average molecular weight is 220 g/mol. The highest BCUT2D eigenvalue weighted by Gasteiger charge is 2.03. The maximum atomic E-state index is 4.24. The van der Waals surface area contributed by atoms with Crippen LogP contribution in [0.15, 0.2) is 18.9 Å². The molecular weight excluding hydrogens is 204 g/mol. The first kappa shape index (κ1) is 10.8. The van der Waals surface area contributed by atoms with Gasteiger partial charge in [0.1, 0.15) is 6.33 Å². The van der Waals surface area contributed by atoms with Crippen molar-refractivity contribution in [2.45, 2.75) is 19.5 Å². The first-order chi connectivity index (χ1) is 7.79. The zero-order valence-electron chi connectivity index (χ0n) is 9.59. The Bertz CT molecular complexity index is 444. The zero-order valence-corrected chi connectivity index (χ0v) is 9.59. The van der Waals surface area contributed by atoms with Crippen molar-refractivity contribution in [1.82, 2.24) is 29.6 Å². The van der Waals surface area contributed by atoms with Crippen molar-refractivity contribution in [3.05, 3.63) is 30.4 Å². The van der Waals surface area contributed by atoms with Gasteiger partial charge in [-0.25, -0.2) is 9.97 Å². The minimum Gasteiger partial charge on any atom is -0.333 e. The minimum atomic E-state index is 0.827. The molecule has 2 rings (SSSR count). The van der Waals surface area contributed by atoms with Crippen molar-refractivity contribution in [3.8, 4) is 0 Å². The van der Waals surface area contributed by atoms with Gasteiger partial charge in [0, 0.05) is 32.8 Å². The average Bonchev–Trinajstić information content (AvgIpc) is 2.85. The predicted molar refractivity (Wildman–Crippen MR) is 59.7 cm³/mol. The molecule has 6 heteroatoms. The molecule has 2 aromatic heterocycles. The Kier molecular flexibility index (Phi) is 3.31. The van der Waals surface area contributed by atoms with Crippen molar-refractivity contribution in [1.29, 1.82) is 0 Å². The van der Waals surface area contributed by atoms with Crippen LogP contribution in [0.4, 0.5) is 0 Å². The fraction of sp³-hybridized carbons (Fsp3) is 0.500. The highest BCUT2D eigenvalue weighted by Crippen LogP contribution is 2.01. The van der Waals surface area contributed by atoms with E-state index in [0.29, 0.717) is 0 Å². The fourth-order valence-electron chi connectivity index (χ4n) is 1.60. The number of nitrogens with one attached hydrogen (secondary N) is 1. The Hall–Kier alpha value is -1.69. The molecule has 2 aromatic rings. The molecule has 0 radical (unpaired) electrons. The molecule has 2 heterocycles. The molecule has 16 heavy (non-hydrogen) atoms. The summed E-state index contributed by atoms with van der Waals surface area (Å²) in [6, 6.07) is 0. The molecule has 0 bridgehead atoms. The molecule has 0 aliphatic heterocycles. The number of aryl methyl sites for hydroxylation is 3. The summed E-state index contributed by atoms with van der Waals surface area (Å²) < 4.78 is 3.84. The summed E-state index contributed by atoms with van der Waals surface area (Å²) in [5.74, 6) is 0.867. The van der Waals surface area contributed by atoms with Gasteiger partial charge in [0.15, 0.2) is 5.82 Å². The molecular formula is C10H16N6. The summed E-state index contributed by atoms with van der Waals surface area (Å²) in [7, 11) is 3.80. The van der Waals surface area contributed by atoms with Gasteiger partial charge in [0.25, 0.3) is 0 Å². The van der Waals surface area contributed by atoms with Crippen LogP contribution < -0.4 is 5.32 Å². The van der Waals surface area contributed by atoms with E-state index < -0.39 is 0 Å². The van der Waals surface area contributed by atoms with Gasteiger partial charge >= 0.3 is 0 Å². The smallest absolute Gasteiger partial charge is 0.152 e. The van der Waals surface area contributed by atoms with Crippen LogP contribution >= 0.6 is 0 Å². The maximum absolute atomic E-state index is 4.24. The van der Waals surface area contributed by atoms with Crippen LogP contribution in [-0.2, 0) is 26.6 Å². The molecule has 6 nitrogen and oxygen atoms in total. The SMILES string of the molecule is CNCc1cncn1CCc1ncn(C)n1. The number of nitrogens with zero attached hydrogens (tertiary/aromatic N) is 5. The summed E-state index contributed by atoms with van der Waals surface area (Å²) in [4.78, 5) is 8.33. The van der Waals surface area contributed by atoms with Crippen LogP contribution in [0.1, 0.15) is 11.5 Å². The number of imidazole rings is 1. The lowest BCUT2D eigenvalue weighted by molar-refractivity contribution is 0.618. The standard InChI is InChI=1S/C10H16N6/c1-11-5-9-6-12-7-16(9)4-3-10-13-8-15(2)14-10/h6-8,11H,3-5H2,1-2H3. The molecule has 0 unspecified atom stereocenters. The van der Waals surface area contributed by atoms with Crippen molar-refractivity contribution in [2.75, 3.05) is 7.05 Å². The lowest BCUT2D eigenvalue weighted by atomic mass is 10.4. The summed E-state index contributed by atoms with van der Waals surface area (Å²) in [5, 5.41) is 7.36. The number of hydrogen-bond donors (Lipinski definition) is 1. The third-order valence-corrected chi connectivity index (χ3v) is 2.38. The number of hydrogen-bond acceptors (Lipinski definition) is 4. The zero-order chi connectivity index (χ0) is 11.4. The van der Waals surface area contributed by atoms with Crippen LogP contribution in [-0.4, -0.2) is 31.4 Å². The molecule has 1 N–H and O–H groups in total. The van der Waals surface area contributed by atoms with Crippen LogP contribution in [0.25, 0.3) is 0 Å². The van der Waals surface area contributed by atoms with Gasteiger partial charge in [-0.1, -0.05) is 0 Å². The summed E-state index contributed by atoms with van der Waals surface area (Å²) in [6.45, 7) is 1.69. The van der Waals surface area contributed by atoms with E-state index >= 15 is 0 Å². The van der Waals surface area contributed by atoms with Gasteiger partial charge in [-0.15, -0.1) is 0 Å². The molecule has 0 amide bonds. The topological polar surface area (TPSA) is 60.6 Å². The molecule has 0 atom stereocenters. The monoisotopic (exact) mass is 220 g/mol. The van der Waals surface area contributed by atoms with Gasteiger partial charge in [0.2, 0.25) is 0 Å². The number of rotatable bonds is 5. The van der Waals surface area contributed by atoms with Crippen LogP contribution in [0.2, 0.25) is 0 Å². The fourth-order valence-corrected chi connectivity index (χ4v) is 1.60. The Morgan fingerprint density at radius 3 is 2.94 bits per heavy atom. The van der Waals surface area contributed by atoms with E-state index in [4.69, 9.17) is 0 Å². The summed E-state index contributed by atoms with van der Waals surface area (Å²) in [5.41, 5.74) is 1.18. The highest BCUT2D eigenvalue weighted by molar-refractivity contribution is 4.98. The summed E-state index contributed by atoms with van der Waals surface area (Å²) in [6.07, 6.45) is 6.27. The lowest BCUT2D eigenvalue weighted by Gasteiger charge is -2.05. The molecule has 0 aliphatic rings. The minimum absolute atomic E-state index is 0.827. The van der Waals surface area contributed by atoms with Gasteiger partial charge in [-0.2, -0.15) is 5.10 Å². The molecule has 0 fully saturated rings. The Morgan fingerprint density at radius 1 is 1.38 bits per heavy atom. The lowest BCUT2D eigenvalue weighted by Crippen LogP contribution is -2.12. The van der Waals surface area contributed by atoms with Gasteiger partial charge in [0.05, 0.1) is 12.0 Å². The van der Waals surface area contributed by atoms with Crippen LogP contribution in [0.3, 0.4) is 0 Å². The second-order valence-corrected chi connectivity index (χ2v) is 3.69. The Morgan fingerprint density at radius 2 is 2.25 bits per heavy atom. The number of aromatic nitrogens is 5. The van der Waals surface area contributed by atoms with Crippen molar-refractivity contribution in [3.63, 3.8) is 0 Å². The van der Waals surface area contributed by atoms with Crippen LogP contribution in [0.5, 0.6) is 0 Å². The predicted octanol–water partition coefficient (Wildman–Crippen LogP) is -0.0263. The first-order valence-electron chi connectivity index (χ1n) is 5.27. The van der Waals surface area contributed by atoms with Crippen molar-refractivity contribution in [2.24, 2.45) is 7.05 Å². The van der Waals surface area contributed by atoms with E-state index in [-0.39, 0.29) is 0 Å². The molecule has 86 valence electrons.